The summed E-state index contributed by atoms with van der Waals surface area (Å²) in [6, 6.07) is -0.577. The van der Waals surface area contributed by atoms with Crippen molar-refractivity contribution in [1.29, 1.82) is 0 Å². The third kappa shape index (κ3) is 1.84. The van der Waals surface area contributed by atoms with Gasteiger partial charge in [-0.2, -0.15) is 0 Å². The minimum Gasteiger partial charge on any atom is -0.331 e. The number of halogens is 2. The van der Waals surface area contributed by atoms with Gasteiger partial charge in [0.15, 0.2) is 0 Å². The first-order chi connectivity index (χ1) is 5.65. The van der Waals surface area contributed by atoms with Gasteiger partial charge in [0, 0.05) is 0 Å². The van der Waals surface area contributed by atoms with Crippen LogP contribution in [-0.4, -0.2) is 18.5 Å². The second kappa shape index (κ2) is 3.70. The fourth-order valence-electron chi connectivity index (χ4n) is 0.699. The quantitative estimate of drug-likeness (QED) is 0.467. The molecule has 1 aliphatic rings. The lowest BCUT2D eigenvalue weighted by atomic mass is 10.3. The molecular formula is C5H5FIN3O2. The molecule has 0 atom stereocenters. The Bertz CT molecular complexity index is 265. The van der Waals surface area contributed by atoms with Crippen molar-refractivity contribution in [3.05, 3.63) is 11.5 Å². The van der Waals surface area contributed by atoms with E-state index < -0.39 is 17.8 Å². The molecule has 0 spiro atoms. The first-order valence-electron chi connectivity index (χ1n) is 2.99. The van der Waals surface area contributed by atoms with E-state index in [4.69, 9.17) is 0 Å². The third-order valence-electron chi connectivity index (χ3n) is 1.23. The fraction of sp³-hybridized carbons (Fsp3) is 0.200. The topological polar surface area (TPSA) is 70.2 Å². The molecule has 0 bridgehead atoms. The Kier molecular flexibility index (Phi) is 2.84. The van der Waals surface area contributed by atoms with Crippen LogP contribution < -0.4 is 14.2 Å². The highest BCUT2D eigenvalue weighted by molar-refractivity contribution is 14.1. The van der Waals surface area contributed by atoms with Crippen LogP contribution in [0.5, 0.6) is 0 Å². The lowest BCUT2D eigenvalue weighted by molar-refractivity contribution is -0.115. The van der Waals surface area contributed by atoms with Crippen LogP contribution in [0.15, 0.2) is 11.5 Å². The summed E-state index contributed by atoms with van der Waals surface area (Å²) < 4.78 is 15.0. The molecule has 0 aromatic heterocycles. The van der Waals surface area contributed by atoms with E-state index in [0.29, 0.717) is 0 Å². The summed E-state index contributed by atoms with van der Waals surface area (Å²) in [6.07, 6.45) is 0. The molecule has 0 aromatic carbocycles. The van der Waals surface area contributed by atoms with Crippen molar-refractivity contribution in [3.8, 4) is 0 Å². The van der Waals surface area contributed by atoms with Crippen molar-refractivity contribution in [2.24, 2.45) is 0 Å². The number of amides is 3. The second-order valence-corrected chi connectivity index (χ2v) is 2.55. The predicted molar refractivity (Wildman–Crippen MR) is 46.8 cm³/mol. The van der Waals surface area contributed by atoms with E-state index in [1.54, 1.807) is 22.9 Å². The molecule has 0 aliphatic carbocycles. The maximum absolute atomic E-state index is 12.8. The van der Waals surface area contributed by atoms with Gasteiger partial charge in [-0.05, 0) is 0 Å². The fourth-order valence-corrected chi connectivity index (χ4v) is 0.969. The average Bonchev–Trinajstić information content (AvgIpc) is 2.08. The van der Waals surface area contributed by atoms with Gasteiger partial charge in [0.1, 0.15) is 11.5 Å². The molecule has 0 aromatic rings. The van der Waals surface area contributed by atoms with Gasteiger partial charge in [-0.1, -0.05) is 0 Å². The zero-order valence-electron chi connectivity index (χ0n) is 5.78. The molecule has 1 aliphatic heterocycles. The summed E-state index contributed by atoms with van der Waals surface area (Å²) in [5.74, 6) is -1.33. The number of nitrogens with one attached hydrogen (secondary N) is 3. The zero-order valence-corrected chi connectivity index (χ0v) is 7.94. The molecule has 1 rings (SSSR count). The van der Waals surface area contributed by atoms with E-state index in [9.17, 15) is 14.0 Å². The van der Waals surface area contributed by atoms with Crippen LogP contribution in [0.1, 0.15) is 0 Å². The summed E-state index contributed by atoms with van der Waals surface area (Å²) in [4.78, 5) is 21.5. The van der Waals surface area contributed by atoms with Crippen molar-refractivity contribution in [1.82, 2.24) is 14.2 Å². The van der Waals surface area contributed by atoms with E-state index in [-0.39, 0.29) is 12.2 Å². The second-order valence-electron chi connectivity index (χ2n) is 2.01. The van der Waals surface area contributed by atoms with Crippen LogP contribution in [0.3, 0.4) is 0 Å². The SMILES string of the molecule is O=C1NCC(F)=C(C(=O)NI)N1. The largest absolute Gasteiger partial charge is 0.331 e. The first kappa shape index (κ1) is 9.23. The summed E-state index contributed by atoms with van der Waals surface area (Å²) >= 11 is 1.56. The van der Waals surface area contributed by atoms with Crippen LogP contribution in [-0.2, 0) is 4.79 Å². The average molecular weight is 285 g/mol. The summed E-state index contributed by atoms with van der Waals surface area (Å²) in [7, 11) is 0. The highest BCUT2D eigenvalue weighted by Gasteiger charge is 2.22. The van der Waals surface area contributed by atoms with Gasteiger partial charge < -0.3 is 10.6 Å². The summed E-state index contributed by atoms with van der Waals surface area (Å²) in [5, 5.41) is 4.23. The van der Waals surface area contributed by atoms with Crippen LogP contribution in [0.4, 0.5) is 9.18 Å². The van der Waals surface area contributed by atoms with E-state index in [1.165, 1.54) is 0 Å². The van der Waals surface area contributed by atoms with Gasteiger partial charge in [0.05, 0.1) is 29.4 Å². The Morgan fingerprint density at radius 3 is 2.92 bits per heavy atom. The van der Waals surface area contributed by atoms with Gasteiger partial charge in [-0.3, -0.25) is 8.32 Å². The van der Waals surface area contributed by atoms with Crippen molar-refractivity contribution >= 4 is 34.8 Å². The molecule has 1 heterocycles. The molecule has 0 fully saturated rings. The minimum absolute atomic E-state index is 0.245. The highest BCUT2D eigenvalue weighted by Crippen LogP contribution is 2.06. The normalized spacial score (nSPS) is 16.7. The smallest absolute Gasteiger partial charge is 0.319 e. The molecule has 0 radical (unpaired) electrons. The molecule has 66 valence electrons. The zero-order chi connectivity index (χ0) is 9.14. The van der Waals surface area contributed by atoms with E-state index in [1.807, 2.05) is 0 Å². The molecule has 12 heavy (non-hydrogen) atoms. The minimum atomic E-state index is -0.677. The number of rotatable bonds is 1. The van der Waals surface area contributed by atoms with Crippen LogP contribution >= 0.6 is 22.9 Å². The highest BCUT2D eigenvalue weighted by atomic mass is 127. The lowest BCUT2D eigenvalue weighted by Crippen LogP contribution is -2.44. The molecule has 5 nitrogen and oxygen atoms in total. The lowest BCUT2D eigenvalue weighted by Gasteiger charge is -2.15. The van der Waals surface area contributed by atoms with Gasteiger partial charge in [0.25, 0.3) is 5.91 Å². The van der Waals surface area contributed by atoms with Crippen molar-refractivity contribution in [3.63, 3.8) is 0 Å². The maximum Gasteiger partial charge on any atom is 0.319 e. The van der Waals surface area contributed by atoms with E-state index in [2.05, 4.69) is 14.2 Å². The van der Waals surface area contributed by atoms with Crippen molar-refractivity contribution in [2.45, 2.75) is 0 Å². The number of hydrogen-bond donors (Lipinski definition) is 3. The molecule has 3 N–H and O–H groups in total. The number of urea groups is 1. The Morgan fingerprint density at radius 2 is 2.33 bits per heavy atom. The van der Waals surface area contributed by atoms with Crippen molar-refractivity contribution in [2.75, 3.05) is 6.54 Å². The predicted octanol–water partition coefficient (Wildman–Crippen LogP) is -0.0535. The van der Waals surface area contributed by atoms with Gasteiger partial charge >= 0.3 is 6.03 Å². The summed E-state index contributed by atoms with van der Waals surface area (Å²) in [5.41, 5.74) is -0.326. The standard InChI is InChI=1S/C5H5FIN3O2/c6-2-1-8-5(12)9-3(2)4(11)10-7/h1H2,(H,10,11)(H2,8,9,12). The van der Waals surface area contributed by atoms with Crippen LogP contribution in [0.2, 0.25) is 0 Å². The maximum atomic E-state index is 12.8. The van der Waals surface area contributed by atoms with Crippen LogP contribution in [0.25, 0.3) is 0 Å². The number of hydrogen-bond acceptors (Lipinski definition) is 2. The molecule has 0 saturated heterocycles. The molecule has 0 saturated carbocycles. The molecule has 7 heteroatoms. The Labute approximate surface area is 81.3 Å². The van der Waals surface area contributed by atoms with Gasteiger partial charge in [0.2, 0.25) is 0 Å². The Balaban J connectivity index is 2.84. The Morgan fingerprint density at radius 1 is 1.67 bits per heavy atom. The summed E-state index contributed by atoms with van der Waals surface area (Å²) in [6.45, 7) is -0.245. The number of carbonyl (C=O) groups excluding carboxylic acids is 2. The molecule has 0 unspecified atom stereocenters. The third-order valence-corrected chi connectivity index (χ3v) is 1.72. The van der Waals surface area contributed by atoms with Gasteiger partial charge in [-0.25, -0.2) is 9.18 Å². The van der Waals surface area contributed by atoms with Crippen molar-refractivity contribution < 1.29 is 14.0 Å². The first-order valence-corrected chi connectivity index (χ1v) is 4.07. The monoisotopic (exact) mass is 285 g/mol. The van der Waals surface area contributed by atoms with Gasteiger partial charge in [-0.15, -0.1) is 0 Å². The van der Waals surface area contributed by atoms with E-state index in [0.717, 1.165) is 0 Å². The Hall–Kier alpha value is -0.860. The van der Waals surface area contributed by atoms with E-state index >= 15 is 0 Å². The van der Waals surface area contributed by atoms with Crippen LogP contribution in [0, 0.1) is 0 Å². The molecular weight excluding hydrogens is 280 g/mol. The molecule has 3 amide bonds. The number of carbonyl (C=O) groups is 2.